The van der Waals surface area contributed by atoms with Crippen molar-refractivity contribution in [1.29, 1.82) is 0 Å². The average Bonchev–Trinajstić information content (AvgIpc) is 2.93. The van der Waals surface area contributed by atoms with Crippen LogP contribution in [-0.4, -0.2) is 23.9 Å². The summed E-state index contributed by atoms with van der Waals surface area (Å²) in [4.78, 5) is 22.8. The maximum absolute atomic E-state index is 11.8. The van der Waals surface area contributed by atoms with Crippen molar-refractivity contribution in [3.05, 3.63) is 0 Å². The molecule has 0 aromatic heterocycles. The number of nitrogens with one attached hydrogen (secondary N) is 2. The molecule has 4 nitrogen and oxygen atoms in total. The van der Waals surface area contributed by atoms with Crippen molar-refractivity contribution in [3.8, 4) is 0 Å². The Morgan fingerprint density at radius 2 is 2.14 bits per heavy atom. The zero-order valence-corrected chi connectivity index (χ0v) is 8.43. The molecule has 1 aliphatic carbocycles. The summed E-state index contributed by atoms with van der Waals surface area (Å²) in [6, 6.07) is 0. The molecular weight excluding hydrogens is 180 g/mol. The number of rotatable bonds is 3. The molecule has 0 spiro atoms. The first-order chi connectivity index (χ1) is 6.69. The summed E-state index contributed by atoms with van der Waals surface area (Å²) >= 11 is 0. The van der Waals surface area contributed by atoms with Crippen LogP contribution in [0.3, 0.4) is 0 Å². The van der Waals surface area contributed by atoms with Crippen molar-refractivity contribution in [2.75, 3.05) is 6.54 Å². The topological polar surface area (TPSA) is 58.2 Å². The van der Waals surface area contributed by atoms with Crippen molar-refractivity contribution in [2.24, 2.45) is 5.92 Å². The first-order valence-electron chi connectivity index (χ1n) is 5.28. The molecule has 0 aromatic rings. The lowest BCUT2D eigenvalue weighted by molar-refractivity contribution is -0.139. The van der Waals surface area contributed by atoms with Crippen LogP contribution in [0.25, 0.3) is 0 Å². The summed E-state index contributed by atoms with van der Waals surface area (Å²) in [7, 11) is 0. The molecule has 14 heavy (non-hydrogen) atoms. The molecule has 0 radical (unpaired) electrons. The number of piperazine rings is 1. The van der Waals surface area contributed by atoms with E-state index in [0.29, 0.717) is 5.92 Å². The highest BCUT2D eigenvalue weighted by Gasteiger charge is 2.52. The fourth-order valence-corrected chi connectivity index (χ4v) is 2.31. The van der Waals surface area contributed by atoms with Gasteiger partial charge in [-0.1, -0.05) is 13.3 Å². The second kappa shape index (κ2) is 3.35. The lowest BCUT2D eigenvalue weighted by atomic mass is 9.85. The Hall–Kier alpha value is -0.900. The minimum atomic E-state index is -0.442. The van der Waals surface area contributed by atoms with E-state index in [9.17, 15) is 9.59 Å². The molecule has 1 unspecified atom stereocenters. The van der Waals surface area contributed by atoms with E-state index < -0.39 is 5.54 Å². The number of amides is 2. The van der Waals surface area contributed by atoms with Crippen LogP contribution >= 0.6 is 0 Å². The predicted octanol–water partition coefficient (Wildman–Crippen LogP) is 0.181. The molecular formula is C10H16N2O2. The van der Waals surface area contributed by atoms with E-state index in [2.05, 4.69) is 17.6 Å². The zero-order valence-electron chi connectivity index (χ0n) is 8.43. The van der Waals surface area contributed by atoms with Crippen molar-refractivity contribution in [1.82, 2.24) is 10.6 Å². The molecule has 2 rings (SSSR count). The number of hydrogen-bond donors (Lipinski definition) is 2. The normalized spacial score (nSPS) is 32.9. The molecule has 0 bridgehead atoms. The minimum absolute atomic E-state index is 0.113. The van der Waals surface area contributed by atoms with E-state index in [0.717, 1.165) is 25.7 Å². The van der Waals surface area contributed by atoms with Crippen LogP contribution < -0.4 is 10.6 Å². The summed E-state index contributed by atoms with van der Waals surface area (Å²) in [5, 5.41) is 5.57. The molecule has 2 N–H and O–H groups in total. The Kier molecular flexibility index (Phi) is 2.31. The van der Waals surface area contributed by atoms with Crippen molar-refractivity contribution < 1.29 is 9.59 Å². The molecule has 78 valence electrons. The van der Waals surface area contributed by atoms with Gasteiger partial charge in [-0.3, -0.25) is 20.2 Å². The highest BCUT2D eigenvalue weighted by Crippen LogP contribution is 2.42. The highest BCUT2D eigenvalue weighted by atomic mass is 16.2. The molecule has 1 aliphatic heterocycles. The smallest absolute Gasteiger partial charge is 0.247 e. The van der Waals surface area contributed by atoms with Gasteiger partial charge in [0.15, 0.2) is 0 Å². The summed E-state index contributed by atoms with van der Waals surface area (Å²) < 4.78 is 0. The Bertz CT molecular complexity index is 273. The minimum Gasteiger partial charge on any atom is -0.294 e. The van der Waals surface area contributed by atoms with Crippen molar-refractivity contribution >= 4 is 11.8 Å². The molecule has 0 aromatic carbocycles. The lowest BCUT2D eigenvalue weighted by Crippen LogP contribution is -2.66. The molecule has 2 fully saturated rings. The van der Waals surface area contributed by atoms with Crippen LogP contribution in [-0.2, 0) is 9.59 Å². The Morgan fingerprint density at radius 3 is 2.64 bits per heavy atom. The van der Waals surface area contributed by atoms with E-state index >= 15 is 0 Å². The summed E-state index contributed by atoms with van der Waals surface area (Å²) in [5.74, 6) is 0.121. The van der Waals surface area contributed by atoms with E-state index in [1.165, 1.54) is 0 Å². The second-order valence-electron chi connectivity index (χ2n) is 4.23. The van der Waals surface area contributed by atoms with Gasteiger partial charge >= 0.3 is 0 Å². The molecule has 1 saturated carbocycles. The third-order valence-corrected chi connectivity index (χ3v) is 3.14. The monoisotopic (exact) mass is 196 g/mol. The average molecular weight is 196 g/mol. The highest BCUT2D eigenvalue weighted by molar-refractivity contribution is 6.03. The van der Waals surface area contributed by atoms with E-state index in [1.54, 1.807) is 0 Å². The van der Waals surface area contributed by atoms with Gasteiger partial charge in [0.05, 0.1) is 6.54 Å². The maximum atomic E-state index is 11.8. The van der Waals surface area contributed by atoms with Gasteiger partial charge in [-0.15, -0.1) is 0 Å². The fourth-order valence-electron chi connectivity index (χ4n) is 2.31. The molecule has 4 heteroatoms. The summed E-state index contributed by atoms with van der Waals surface area (Å²) in [6.07, 6.45) is 4.01. The van der Waals surface area contributed by atoms with Crippen LogP contribution in [0.15, 0.2) is 0 Å². The van der Waals surface area contributed by atoms with Gasteiger partial charge in [0.2, 0.25) is 11.8 Å². The van der Waals surface area contributed by atoms with Gasteiger partial charge in [-0.2, -0.15) is 0 Å². The van der Waals surface area contributed by atoms with Gasteiger partial charge in [0.25, 0.3) is 0 Å². The van der Waals surface area contributed by atoms with Crippen LogP contribution in [0.2, 0.25) is 0 Å². The standard InChI is InChI=1S/C10H16N2O2/c1-2-5-10(7-3-4-7)9(14)12-8(13)6-11-10/h7,11H,2-6H2,1H3,(H,12,13,14). The van der Waals surface area contributed by atoms with Gasteiger partial charge in [-0.05, 0) is 25.2 Å². The molecule has 2 amide bonds. The van der Waals surface area contributed by atoms with Crippen LogP contribution in [0.5, 0.6) is 0 Å². The molecule has 1 heterocycles. The number of hydrogen-bond acceptors (Lipinski definition) is 3. The van der Waals surface area contributed by atoms with Crippen molar-refractivity contribution in [3.63, 3.8) is 0 Å². The van der Waals surface area contributed by atoms with Crippen molar-refractivity contribution in [2.45, 2.75) is 38.1 Å². The summed E-state index contributed by atoms with van der Waals surface area (Å²) in [5.41, 5.74) is -0.442. The summed E-state index contributed by atoms with van der Waals surface area (Å²) in [6.45, 7) is 2.34. The molecule has 2 aliphatic rings. The maximum Gasteiger partial charge on any atom is 0.247 e. The van der Waals surface area contributed by atoms with E-state index in [1.807, 2.05) is 0 Å². The quantitative estimate of drug-likeness (QED) is 0.633. The van der Waals surface area contributed by atoms with Gasteiger partial charge < -0.3 is 0 Å². The lowest BCUT2D eigenvalue weighted by Gasteiger charge is -2.36. The largest absolute Gasteiger partial charge is 0.294 e. The fraction of sp³-hybridized carbons (Fsp3) is 0.800. The van der Waals surface area contributed by atoms with Gasteiger partial charge in [-0.25, -0.2) is 0 Å². The second-order valence-corrected chi connectivity index (χ2v) is 4.23. The van der Waals surface area contributed by atoms with Crippen LogP contribution in [0, 0.1) is 5.92 Å². The van der Waals surface area contributed by atoms with Crippen LogP contribution in [0.4, 0.5) is 0 Å². The number of carbonyl (C=O) groups is 2. The Labute approximate surface area is 83.4 Å². The number of imide groups is 1. The Balaban J connectivity index is 2.16. The first kappa shape index (κ1) is 9.65. The molecule has 1 saturated heterocycles. The Morgan fingerprint density at radius 1 is 1.43 bits per heavy atom. The number of carbonyl (C=O) groups excluding carboxylic acids is 2. The molecule has 1 atom stereocenters. The first-order valence-corrected chi connectivity index (χ1v) is 5.28. The SMILES string of the molecule is CCCC1(C2CC2)NCC(=O)NC1=O. The third-order valence-electron chi connectivity index (χ3n) is 3.14. The van der Waals surface area contributed by atoms with Gasteiger partial charge in [0.1, 0.15) is 5.54 Å². The van der Waals surface area contributed by atoms with E-state index in [-0.39, 0.29) is 18.4 Å². The third kappa shape index (κ3) is 1.43. The van der Waals surface area contributed by atoms with E-state index in [4.69, 9.17) is 0 Å². The van der Waals surface area contributed by atoms with Gasteiger partial charge in [0, 0.05) is 0 Å². The van der Waals surface area contributed by atoms with Crippen LogP contribution in [0.1, 0.15) is 32.6 Å². The predicted molar refractivity (Wildman–Crippen MR) is 51.5 cm³/mol. The zero-order chi connectivity index (χ0) is 10.2.